The summed E-state index contributed by atoms with van der Waals surface area (Å²) in [4.78, 5) is 49.4. The number of rotatable bonds is 17. The zero-order valence-electron chi connectivity index (χ0n) is 27.8. The molecule has 0 saturated carbocycles. The molecule has 2 N–H and O–H groups in total. The zero-order valence-corrected chi connectivity index (χ0v) is 27.8. The van der Waals surface area contributed by atoms with E-state index in [1.807, 2.05) is 26.0 Å². The van der Waals surface area contributed by atoms with E-state index in [4.69, 9.17) is 18.9 Å². The second-order valence-corrected chi connectivity index (χ2v) is 10.6. The highest BCUT2D eigenvalue weighted by molar-refractivity contribution is 5.92. The Morgan fingerprint density at radius 1 is 0.560 bits per heavy atom. The first-order chi connectivity index (χ1) is 24.4. The van der Waals surface area contributed by atoms with E-state index in [1.54, 1.807) is 84.9 Å². The molecule has 0 radical (unpaired) electrons. The highest BCUT2D eigenvalue weighted by Crippen LogP contribution is 2.30. The van der Waals surface area contributed by atoms with E-state index in [1.165, 1.54) is 12.4 Å². The lowest BCUT2D eigenvalue weighted by molar-refractivity contribution is -0.123. The molecule has 0 saturated heterocycles. The molecule has 0 spiro atoms. The fraction of sp³-hybridized carbons (Fsp3) is 0.211. The van der Waals surface area contributed by atoms with Gasteiger partial charge in [-0.3, -0.25) is 9.59 Å². The molecular formula is C38H38N4O8. The standard InChI is InChI=1S/C38H38N4O8/c1-3-47-33-23-27(19-21-31(33)49-37(45)29-13-7-5-8-14-29)25-39-41-35(43)17-11-12-18-36(44)42-40-26-28-20-22-32(34(24-28)48-4-2)50-38(46)30-15-9-6-10-16-30/h5-10,13-16,19-26H,3-4,11-12,17-18H2,1-2H3,(H,41,43)(H,42,44)/b39-25+,40-26+. The molecular weight excluding hydrogens is 640 g/mol. The van der Waals surface area contributed by atoms with Crippen molar-refractivity contribution in [1.29, 1.82) is 0 Å². The van der Waals surface area contributed by atoms with Crippen LogP contribution in [0.15, 0.2) is 107 Å². The normalized spacial score (nSPS) is 10.8. The molecule has 0 aliphatic carbocycles. The predicted octanol–water partition coefficient (Wildman–Crippen LogP) is 6.08. The van der Waals surface area contributed by atoms with Crippen molar-refractivity contribution >= 4 is 36.2 Å². The first-order valence-electron chi connectivity index (χ1n) is 16.1. The van der Waals surface area contributed by atoms with Crippen LogP contribution in [0.3, 0.4) is 0 Å². The van der Waals surface area contributed by atoms with Crippen LogP contribution in [0.2, 0.25) is 0 Å². The summed E-state index contributed by atoms with van der Waals surface area (Å²) in [5.74, 6) is -0.352. The molecule has 50 heavy (non-hydrogen) atoms. The van der Waals surface area contributed by atoms with E-state index in [2.05, 4.69) is 21.1 Å². The van der Waals surface area contributed by atoms with Crippen molar-refractivity contribution in [1.82, 2.24) is 10.9 Å². The van der Waals surface area contributed by atoms with Gasteiger partial charge in [0, 0.05) is 12.8 Å². The van der Waals surface area contributed by atoms with Crippen LogP contribution in [0, 0.1) is 0 Å². The lowest BCUT2D eigenvalue weighted by atomic mass is 10.2. The van der Waals surface area contributed by atoms with Gasteiger partial charge in [-0.2, -0.15) is 10.2 Å². The van der Waals surface area contributed by atoms with Gasteiger partial charge in [0.15, 0.2) is 23.0 Å². The fourth-order valence-electron chi connectivity index (χ4n) is 4.42. The van der Waals surface area contributed by atoms with E-state index >= 15 is 0 Å². The predicted molar refractivity (Wildman–Crippen MR) is 188 cm³/mol. The molecule has 4 aromatic rings. The number of benzene rings is 4. The molecule has 0 bridgehead atoms. The average molecular weight is 679 g/mol. The molecule has 4 rings (SSSR count). The maximum Gasteiger partial charge on any atom is 0.343 e. The molecule has 0 aliphatic heterocycles. The number of hydrogen-bond donors (Lipinski definition) is 2. The van der Waals surface area contributed by atoms with Gasteiger partial charge in [0.25, 0.3) is 0 Å². The highest BCUT2D eigenvalue weighted by atomic mass is 16.6. The maximum absolute atomic E-state index is 12.4. The van der Waals surface area contributed by atoms with Crippen molar-refractivity contribution in [2.24, 2.45) is 10.2 Å². The molecule has 0 heterocycles. The molecule has 0 aromatic heterocycles. The van der Waals surface area contributed by atoms with Gasteiger partial charge in [-0.05, 0) is 98.5 Å². The summed E-state index contributed by atoms with van der Waals surface area (Å²) in [6.45, 7) is 4.34. The Hall–Kier alpha value is -6.30. The van der Waals surface area contributed by atoms with E-state index in [-0.39, 0.29) is 36.2 Å². The minimum absolute atomic E-state index is 0.174. The minimum atomic E-state index is -0.505. The van der Waals surface area contributed by atoms with Crippen LogP contribution in [0.5, 0.6) is 23.0 Å². The topological polar surface area (TPSA) is 154 Å². The van der Waals surface area contributed by atoms with Crippen molar-refractivity contribution in [3.63, 3.8) is 0 Å². The van der Waals surface area contributed by atoms with Crippen LogP contribution in [0.4, 0.5) is 0 Å². The Morgan fingerprint density at radius 3 is 1.34 bits per heavy atom. The third-order valence-corrected chi connectivity index (χ3v) is 6.82. The molecule has 12 heteroatoms. The fourth-order valence-corrected chi connectivity index (χ4v) is 4.42. The van der Waals surface area contributed by atoms with Crippen LogP contribution in [0.25, 0.3) is 0 Å². The second-order valence-electron chi connectivity index (χ2n) is 10.6. The van der Waals surface area contributed by atoms with E-state index < -0.39 is 11.9 Å². The Kier molecular flexibility index (Phi) is 14.3. The number of nitrogens with one attached hydrogen (secondary N) is 2. The van der Waals surface area contributed by atoms with E-state index in [9.17, 15) is 19.2 Å². The first-order valence-corrected chi connectivity index (χ1v) is 16.1. The van der Waals surface area contributed by atoms with Gasteiger partial charge < -0.3 is 18.9 Å². The van der Waals surface area contributed by atoms with Crippen LogP contribution < -0.4 is 29.8 Å². The lowest BCUT2D eigenvalue weighted by Gasteiger charge is -2.11. The van der Waals surface area contributed by atoms with Gasteiger partial charge in [0.05, 0.1) is 36.8 Å². The summed E-state index contributed by atoms with van der Waals surface area (Å²) in [6.07, 6.45) is 4.19. The van der Waals surface area contributed by atoms with Gasteiger partial charge >= 0.3 is 11.9 Å². The maximum atomic E-state index is 12.4. The number of amides is 2. The summed E-state index contributed by atoms with van der Waals surface area (Å²) in [7, 11) is 0. The monoisotopic (exact) mass is 678 g/mol. The molecule has 0 atom stereocenters. The smallest absolute Gasteiger partial charge is 0.343 e. The first kappa shape index (κ1) is 36.5. The number of unbranched alkanes of at least 4 members (excludes halogenated alkanes) is 1. The van der Waals surface area contributed by atoms with Crippen molar-refractivity contribution in [3.8, 4) is 23.0 Å². The van der Waals surface area contributed by atoms with E-state index in [0.29, 0.717) is 59.8 Å². The van der Waals surface area contributed by atoms with Crippen molar-refractivity contribution in [3.05, 3.63) is 119 Å². The number of carbonyl (C=O) groups excluding carboxylic acids is 4. The number of ether oxygens (including phenoxy) is 4. The minimum Gasteiger partial charge on any atom is -0.490 e. The molecule has 0 aliphatic rings. The number of nitrogens with zero attached hydrogens (tertiary/aromatic N) is 2. The largest absolute Gasteiger partial charge is 0.490 e. The van der Waals surface area contributed by atoms with Gasteiger partial charge in [-0.1, -0.05) is 36.4 Å². The van der Waals surface area contributed by atoms with Gasteiger partial charge in [0.2, 0.25) is 11.8 Å². The number of carbonyl (C=O) groups is 4. The third-order valence-electron chi connectivity index (χ3n) is 6.82. The van der Waals surface area contributed by atoms with Crippen molar-refractivity contribution in [2.45, 2.75) is 39.5 Å². The van der Waals surface area contributed by atoms with Gasteiger partial charge in [-0.25, -0.2) is 20.4 Å². The average Bonchev–Trinajstić information content (AvgIpc) is 3.13. The summed E-state index contributed by atoms with van der Waals surface area (Å²) in [5.41, 5.74) is 7.02. The molecule has 4 aromatic carbocycles. The molecule has 12 nitrogen and oxygen atoms in total. The summed E-state index contributed by atoms with van der Waals surface area (Å²) in [5, 5.41) is 7.99. The Balaban J connectivity index is 1.17. The zero-order chi connectivity index (χ0) is 35.6. The van der Waals surface area contributed by atoms with Crippen LogP contribution >= 0.6 is 0 Å². The Bertz CT molecular complexity index is 1680. The summed E-state index contributed by atoms with van der Waals surface area (Å²) < 4.78 is 22.3. The highest BCUT2D eigenvalue weighted by Gasteiger charge is 2.14. The molecule has 0 unspecified atom stereocenters. The quantitative estimate of drug-likeness (QED) is 0.0448. The SMILES string of the molecule is CCOc1cc(/C=N/NC(=O)CCCCC(=O)N/N=C/c2ccc(OC(=O)c3ccccc3)c(OCC)c2)ccc1OC(=O)c1ccccc1. The van der Waals surface area contributed by atoms with Crippen LogP contribution in [-0.2, 0) is 9.59 Å². The third kappa shape index (κ3) is 11.7. The van der Waals surface area contributed by atoms with Gasteiger partial charge in [0.1, 0.15) is 0 Å². The van der Waals surface area contributed by atoms with Crippen molar-refractivity contribution < 1.29 is 38.1 Å². The lowest BCUT2D eigenvalue weighted by Crippen LogP contribution is -2.19. The van der Waals surface area contributed by atoms with Crippen LogP contribution in [0.1, 0.15) is 71.4 Å². The number of hydrazone groups is 2. The Labute approximate surface area is 290 Å². The molecule has 2 amide bonds. The van der Waals surface area contributed by atoms with Crippen LogP contribution in [-0.4, -0.2) is 49.4 Å². The number of esters is 2. The number of hydrogen-bond acceptors (Lipinski definition) is 10. The van der Waals surface area contributed by atoms with E-state index in [0.717, 1.165) is 0 Å². The summed E-state index contributed by atoms with van der Waals surface area (Å²) in [6, 6.07) is 27.1. The Morgan fingerprint density at radius 2 is 0.960 bits per heavy atom. The summed E-state index contributed by atoms with van der Waals surface area (Å²) >= 11 is 0. The van der Waals surface area contributed by atoms with Gasteiger partial charge in [-0.15, -0.1) is 0 Å². The molecule has 0 fully saturated rings. The second kappa shape index (κ2) is 19.5. The van der Waals surface area contributed by atoms with Crippen molar-refractivity contribution in [2.75, 3.05) is 13.2 Å². The molecule has 258 valence electrons.